The van der Waals surface area contributed by atoms with Gasteiger partial charge >= 0.3 is 0 Å². The number of aromatic amines is 1. The zero-order chi connectivity index (χ0) is 17.8. The average Bonchev–Trinajstić information content (AvgIpc) is 3.09. The van der Waals surface area contributed by atoms with Crippen molar-refractivity contribution < 1.29 is 4.74 Å². The summed E-state index contributed by atoms with van der Waals surface area (Å²) >= 11 is 0. The van der Waals surface area contributed by atoms with Crippen LogP contribution < -0.4 is 4.74 Å². The number of pyridine rings is 1. The van der Waals surface area contributed by atoms with Crippen LogP contribution in [-0.2, 0) is 6.61 Å². The fraction of sp³-hybridized carbons (Fsp3) is 0.0909. The van der Waals surface area contributed by atoms with E-state index in [1.807, 2.05) is 55.5 Å². The van der Waals surface area contributed by atoms with Gasteiger partial charge in [0.1, 0.15) is 12.4 Å². The average molecular weight is 341 g/mol. The molecule has 0 fully saturated rings. The van der Waals surface area contributed by atoms with Crippen molar-refractivity contribution in [2.45, 2.75) is 13.5 Å². The second-order valence-corrected chi connectivity index (χ2v) is 6.10. The van der Waals surface area contributed by atoms with Crippen LogP contribution in [0.4, 0.5) is 0 Å². The second-order valence-electron chi connectivity index (χ2n) is 6.10. The van der Waals surface area contributed by atoms with Gasteiger partial charge in [-0.2, -0.15) is 5.10 Å². The molecule has 0 spiro atoms. The lowest BCUT2D eigenvalue weighted by Crippen LogP contribution is -1.95. The number of H-pyrrole nitrogens is 1. The quantitative estimate of drug-likeness (QED) is 0.554. The Morgan fingerprint density at radius 1 is 0.885 bits per heavy atom. The predicted molar refractivity (Wildman–Crippen MR) is 103 cm³/mol. The zero-order valence-corrected chi connectivity index (χ0v) is 14.5. The van der Waals surface area contributed by atoms with E-state index in [-0.39, 0.29) is 0 Å². The van der Waals surface area contributed by atoms with Gasteiger partial charge in [0.25, 0.3) is 0 Å². The molecule has 4 rings (SSSR count). The maximum Gasteiger partial charge on any atom is 0.120 e. The molecule has 0 amide bonds. The molecule has 0 atom stereocenters. The van der Waals surface area contributed by atoms with E-state index in [0.717, 1.165) is 39.4 Å². The third-order valence-electron chi connectivity index (χ3n) is 4.29. The largest absolute Gasteiger partial charge is 0.489 e. The highest BCUT2D eigenvalue weighted by molar-refractivity contribution is 5.82. The molecule has 4 heteroatoms. The first-order chi connectivity index (χ1) is 12.8. The van der Waals surface area contributed by atoms with Crippen molar-refractivity contribution in [2.75, 3.05) is 0 Å². The topological polar surface area (TPSA) is 50.8 Å². The molecule has 0 radical (unpaired) electrons. The van der Waals surface area contributed by atoms with Crippen LogP contribution >= 0.6 is 0 Å². The molecule has 2 aromatic carbocycles. The Kier molecular flexibility index (Phi) is 4.48. The number of nitrogens with zero attached hydrogens (tertiary/aromatic N) is 2. The minimum Gasteiger partial charge on any atom is -0.489 e. The molecule has 0 bridgehead atoms. The Morgan fingerprint density at radius 3 is 2.50 bits per heavy atom. The predicted octanol–water partition coefficient (Wildman–Crippen LogP) is 5.03. The molecule has 4 aromatic rings. The lowest BCUT2D eigenvalue weighted by molar-refractivity contribution is 0.306. The molecule has 0 unspecified atom stereocenters. The summed E-state index contributed by atoms with van der Waals surface area (Å²) in [6.45, 7) is 2.55. The first-order valence-electron chi connectivity index (χ1n) is 8.54. The molecule has 0 saturated heterocycles. The molecular formula is C22H19N3O. The van der Waals surface area contributed by atoms with Crippen LogP contribution in [0.25, 0.3) is 22.4 Å². The Morgan fingerprint density at radius 2 is 1.69 bits per heavy atom. The number of hydrogen-bond donors (Lipinski definition) is 1. The number of rotatable bonds is 5. The van der Waals surface area contributed by atoms with Gasteiger partial charge in [-0.05, 0) is 42.3 Å². The summed E-state index contributed by atoms with van der Waals surface area (Å²) in [5, 5.41) is 7.57. The molecule has 0 aliphatic heterocycles. The van der Waals surface area contributed by atoms with E-state index in [0.29, 0.717) is 6.61 Å². The Hall–Kier alpha value is -3.40. The first-order valence-corrected chi connectivity index (χ1v) is 8.54. The van der Waals surface area contributed by atoms with Gasteiger partial charge in [-0.15, -0.1) is 0 Å². The van der Waals surface area contributed by atoms with Crippen LogP contribution in [-0.4, -0.2) is 15.2 Å². The lowest BCUT2D eigenvalue weighted by Gasteiger charge is -2.09. The number of aryl methyl sites for hydroxylation is 1. The van der Waals surface area contributed by atoms with E-state index >= 15 is 0 Å². The Bertz CT molecular complexity index is 994. The van der Waals surface area contributed by atoms with Crippen molar-refractivity contribution in [3.8, 4) is 28.1 Å². The molecule has 2 heterocycles. The van der Waals surface area contributed by atoms with Gasteiger partial charge in [0.15, 0.2) is 0 Å². The van der Waals surface area contributed by atoms with Gasteiger partial charge in [0.05, 0.1) is 11.4 Å². The highest BCUT2D eigenvalue weighted by atomic mass is 16.5. The Balaban J connectivity index is 1.63. The van der Waals surface area contributed by atoms with Crippen molar-refractivity contribution in [1.29, 1.82) is 0 Å². The number of benzene rings is 2. The summed E-state index contributed by atoms with van der Waals surface area (Å²) < 4.78 is 5.96. The molecule has 128 valence electrons. The van der Waals surface area contributed by atoms with Crippen molar-refractivity contribution in [2.24, 2.45) is 0 Å². The smallest absolute Gasteiger partial charge is 0.120 e. The maximum atomic E-state index is 5.96. The second kappa shape index (κ2) is 7.23. The summed E-state index contributed by atoms with van der Waals surface area (Å²) in [5.74, 6) is 0.833. The molecule has 26 heavy (non-hydrogen) atoms. The monoisotopic (exact) mass is 341 g/mol. The van der Waals surface area contributed by atoms with Crippen LogP contribution in [0, 0.1) is 6.92 Å². The van der Waals surface area contributed by atoms with Crippen LogP contribution in [0.15, 0.2) is 79.1 Å². The van der Waals surface area contributed by atoms with Gasteiger partial charge in [0.2, 0.25) is 0 Å². The summed E-state index contributed by atoms with van der Waals surface area (Å²) in [4.78, 5) is 4.10. The SMILES string of the molecule is Cc1n[nH]c(-c2cccc(OCc3ccccc3)c2)c1-c1ccncc1. The number of hydrogen-bond acceptors (Lipinski definition) is 3. The highest BCUT2D eigenvalue weighted by Crippen LogP contribution is 2.34. The van der Waals surface area contributed by atoms with Crippen molar-refractivity contribution >= 4 is 0 Å². The normalized spacial score (nSPS) is 10.7. The molecule has 2 aromatic heterocycles. The summed E-state index contributed by atoms with van der Waals surface area (Å²) in [6.07, 6.45) is 3.59. The number of nitrogens with one attached hydrogen (secondary N) is 1. The third-order valence-corrected chi connectivity index (χ3v) is 4.29. The Labute approximate surface area is 152 Å². The summed E-state index contributed by atoms with van der Waals surface area (Å²) in [6, 6.07) is 22.2. The van der Waals surface area contributed by atoms with Crippen LogP contribution in [0.3, 0.4) is 0 Å². The van der Waals surface area contributed by atoms with E-state index in [9.17, 15) is 0 Å². The minimum atomic E-state index is 0.545. The van der Waals surface area contributed by atoms with Crippen molar-refractivity contribution in [3.63, 3.8) is 0 Å². The van der Waals surface area contributed by atoms with Gasteiger partial charge in [-0.3, -0.25) is 10.1 Å². The van der Waals surface area contributed by atoms with Crippen molar-refractivity contribution in [3.05, 3.63) is 90.4 Å². The minimum absolute atomic E-state index is 0.545. The summed E-state index contributed by atoms with van der Waals surface area (Å²) in [7, 11) is 0. The number of ether oxygens (including phenoxy) is 1. The molecule has 0 saturated carbocycles. The van der Waals surface area contributed by atoms with Crippen LogP contribution in [0.1, 0.15) is 11.3 Å². The van der Waals surface area contributed by atoms with E-state index in [1.165, 1.54) is 0 Å². The van der Waals surface area contributed by atoms with Gasteiger partial charge in [0, 0.05) is 23.5 Å². The first kappa shape index (κ1) is 16.1. The van der Waals surface area contributed by atoms with Crippen LogP contribution in [0.5, 0.6) is 5.75 Å². The van der Waals surface area contributed by atoms with E-state index in [2.05, 4.69) is 33.4 Å². The molecule has 4 nitrogen and oxygen atoms in total. The van der Waals surface area contributed by atoms with Gasteiger partial charge in [-0.25, -0.2) is 0 Å². The van der Waals surface area contributed by atoms with Gasteiger partial charge in [-0.1, -0.05) is 42.5 Å². The van der Waals surface area contributed by atoms with Crippen LogP contribution in [0.2, 0.25) is 0 Å². The lowest BCUT2D eigenvalue weighted by atomic mass is 10.00. The molecule has 1 N–H and O–H groups in total. The van der Waals surface area contributed by atoms with E-state index in [4.69, 9.17) is 4.74 Å². The van der Waals surface area contributed by atoms with Gasteiger partial charge < -0.3 is 4.74 Å². The molecule has 0 aliphatic carbocycles. The molecular weight excluding hydrogens is 322 g/mol. The number of aromatic nitrogens is 3. The van der Waals surface area contributed by atoms with E-state index in [1.54, 1.807) is 12.4 Å². The standard InChI is InChI=1S/C22H19N3O/c1-16-21(18-10-12-23-13-11-18)22(25-24-16)19-8-5-9-20(14-19)26-15-17-6-3-2-4-7-17/h2-14H,15H2,1H3,(H,24,25). The fourth-order valence-electron chi connectivity index (χ4n) is 3.00. The summed E-state index contributed by atoms with van der Waals surface area (Å²) in [5.41, 5.74) is 6.32. The molecule has 0 aliphatic rings. The maximum absolute atomic E-state index is 5.96. The zero-order valence-electron chi connectivity index (χ0n) is 14.5. The third kappa shape index (κ3) is 3.35. The van der Waals surface area contributed by atoms with E-state index < -0.39 is 0 Å². The van der Waals surface area contributed by atoms with Crippen molar-refractivity contribution in [1.82, 2.24) is 15.2 Å². The fourth-order valence-corrected chi connectivity index (χ4v) is 3.00. The highest BCUT2D eigenvalue weighted by Gasteiger charge is 2.14.